The molecule has 1 fully saturated rings. The van der Waals surface area contributed by atoms with Crippen LogP contribution >= 0.6 is 36.2 Å². The molecule has 0 bridgehead atoms. The Hall–Kier alpha value is -1.08. The number of aromatic nitrogens is 1. The molecule has 0 saturated carbocycles. The molecule has 1 atom stereocenters. The summed E-state index contributed by atoms with van der Waals surface area (Å²) in [7, 11) is 0. The van der Waals surface area contributed by atoms with Crippen molar-refractivity contribution in [3.05, 3.63) is 28.3 Å². The van der Waals surface area contributed by atoms with E-state index in [4.69, 9.17) is 4.42 Å². The van der Waals surface area contributed by atoms with Crippen LogP contribution in [-0.4, -0.2) is 24.0 Å². The van der Waals surface area contributed by atoms with Crippen LogP contribution in [0.5, 0.6) is 0 Å². The molecule has 1 aliphatic rings. The van der Waals surface area contributed by atoms with E-state index in [9.17, 15) is 4.79 Å². The Bertz CT molecular complexity index is 640. The summed E-state index contributed by atoms with van der Waals surface area (Å²) in [6, 6.07) is 3.79. The number of carbonyl (C=O) groups excluding carboxylic acids is 1. The monoisotopic (exact) mass is 377 g/mol. The van der Waals surface area contributed by atoms with Crippen LogP contribution in [0, 0.1) is 18.8 Å². The molecule has 1 saturated heterocycles. The quantitative estimate of drug-likeness (QED) is 0.839. The second-order valence-corrected chi connectivity index (χ2v) is 6.50. The van der Waals surface area contributed by atoms with E-state index in [-0.39, 0.29) is 36.6 Å². The highest BCUT2D eigenvalue weighted by atomic mass is 35.5. The number of rotatable bonds is 5. The van der Waals surface area contributed by atoms with Gasteiger partial charge in [-0.25, -0.2) is 4.98 Å². The summed E-state index contributed by atoms with van der Waals surface area (Å²) in [4.78, 5) is 16.4. The second kappa shape index (κ2) is 8.68. The van der Waals surface area contributed by atoms with Gasteiger partial charge in [-0.05, 0) is 38.1 Å². The molecule has 2 aromatic heterocycles. The van der Waals surface area contributed by atoms with Crippen LogP contribution in [0.25, 0.3) is 11.5 Å². The largest absolute Gasteiger partial charge is 0.458 e. The summed E-state index contributed by atoms with van der Waals surface area (Å²) < 4.78 is 5.73. The van der Waals surface area contributed by atoms with E-state index in [0.717, 1.165) is 35.3 Å². The van der Waals surface area contributed by atoms with Crippen molar-refractivity contribution in [2.45, 2.75) is 20.4 Å². The molecule has 23 heavy (non-hydrogen) atoms. The summed E-state index contributed by atoms with van der Waals surface area (Å²) in [6.07, 6.45) is 0. The first-order valence-corrected chi connectivity index (χ1v) is 8.01. The lowest BCUT2D eigenvalue weighted by molar-refractivity contribution is -0.126. The van der Waals surface area contributed by atoms with Gasteiger partial charge in [-0.15, -0.1) is 36.2 Å². The van der Waals surface area contributed by atoms with E-state index in [2.05, 4.69) is 15.6 Å². The summed E-state index contributed by atoms with van der Waals surface area (Å²) in [5, 5.41) is 9.12. The van der Waals surface area contributed by atoms with Gasteiger partial charge >= 0.3 is 0 Å². The fraction of sp³-hybridized carbons (Fsp3) is 0.467. The van der Waals surface area contributed by atoms with Gasteiger partial charge in [0.25, 0.3) is 0 Å². The van der Waals surface area contributed by atoms with Crippen molar-refractivity contribution in [1.29, 1.82) is 0 Å². The third-order valence-corrected chi connectivity index (χ3v) is 4.68. The van der Waals surface area contributed by atoms with Gasteiger partial charge in [-0.2, -0.15) is 0 Å². The Labute approximate surface area is 152 Å². The molecule has 0 radical (unpaired) electrons. The third kappa shape index (κ3) is 4.70. The van der Waals surface area contributed by atoms with Crippen LogP contribution in [0.3, 0.4) is 0 Å². The minimum atomic E-state index is 0. The zero-order chi connectivity index (χ0) is 14.8. The van der Waals surface area contributed by atoms with Crippen LogP contribution in [0.15, 0.2) is 21.9 Å². The maximum Gasteiger partial charge on any atom is 0.223 e. The highest BCUT2D eigenvalue weighted by Gasteiger charge is 2.28. The zero-order valence-electron chi connectivity index (χ0n) is 13.0. The molecular formula is C15H21Cl2N3O2S. The lowest BCUT2D eigenvalue weighted by Crippen LogP contribution is -2.49. The number of furan rings is 1. The molecule has 2 aromatic rings. The number of hydrogen-bond acceptors (Lipinski definition) is 5. The van der Waals surface area contributed by atoms with Crippen molar-refractivity contribution < 1.29 is 9.21 Å². The van der Waals surface area contributed by atoms with E-state index in [1.807, 2.05) is 31.4 Å². The Kier molecular flexibility index (Phi) is 7.54. The van der Waals surface area contributed by atoms with E-state index in [1.165, 1.54) is 0 Å². The van der Waals surface area contributed by atoms with Gasteiger partial charge in [0.05, 0.1) is 11.6 Å². The number of nitrogens with zero attached hydrogens (tertiary/aromatic N) is 1. The number of aryl methyl sites for hydroxylation is 1. The third-order valence-electron chi connectivity index (χ3n) is 3.90. The lowest BCUT2D eigenvalue weighted by Gasteiger charge is -2.31. The Balaban J connectivity index is 0.00000132. The van der Waals surface area contributed by atoms with Gasteiger partial charge in [-0.1, -0.05) is 6.92 Å². The van der Waals surface area contributed by atoms with Crippen molar-refractivity contribution in [2.75, 3.05) is 13.1 Å². The normalized spacial score (nSPS) is 15.0. The molecule has 0 aliphatic carbocycles. The first kappa shape index (κ1) is 20.0. The molecule has 128 valence electrons. The fourth-order valence-electron chi connectivity index (χ4n) is 2.30. The fourth-order valence-corrected chi connectivity index (χ4v) is 2.90. The van der Waals surface area contributed by atoms with Gasteiger partial charge in [0, 0.05) is 11.3 Å². The highest BCUT2D eigenvalue weighted by Crippen LogP contribution is 2.24. The zero-order valence-corrected chi connectivity index (χ0v) is 15.4. The number of nitrogens with one attached hydrogen (secondary N) is 2. The summed E-state index contributed by atoms with van der Waals surface area (Å²) in [5.74, 6) is 2.09. The summed E-state index contributed by atoms with van der Waals surface area (Å²) in [6.45, 7) is 6.24. The van der Waals surface area contributed by atoms with Crippen molar-refractivity contribution in [2.24, 2.45) is 11.8 Å². The van der Waals surface area contributed by atoms with Crippen LogP contribution in [0.2, 0.25) is 0 Å². The molecule has 2 N–H and O–H groups in total. The molecule has 0 spiro atoms. The van der Waals surface area contributed by atoms with Crippen LogP contribution in [0.1, 0.15) is 17.7 Å². The first-order valence-electron chi connectivity index (χ1n) is 7.13. The maximum absolute atomic E-state index is 12.0. The molecule has 5 nitrogen and oxygen atoms in total. The smallest absolute Gasteiger partial charge is 0.223 e. The summed E-state index contributed by atoms with van der Waals surface area (Å²) >= 11 is 1.60. The van der Waals surface area contributed by atoms with Crippen LogP contribution in [0.4, 0.5) is 0 Å². The Morgan fingerprint density at radius 2 is 2.22 bits per heavy atom. The molecule has 1 amide bonds. The average Bonchev–Trinajstić information content (AvgIpc) is 3.02. The number of amides is 1. The predicted molar refractivity (Wildman–Crippen MR) is 96.4 cm³/mol. The number of thiazole rings is 1. The molecule has 1 unspecified atom stereocenters. The first-order chi connectivity index (χ1) is 10.1. The minimum absolute atomic E-state index is 0. The number of carbonyl (C=O) groups is 1. The van der Waals surface area contributed by atoms with Crippen molar-refractivity contribution in [3.63, 3.8) is 0 Å². The predicted octanol–water partition coefficient (Wildman–Crippen LogP) is 3.03. The van der Waals surface area contributed by atoms with Gasteiger partial charge in [-0.3, -0.25) is 4.79 Å². The number of hydrogen-bond donors (Lipinski definition) is 2. The summed E-state index contributed by atoms with van der Waals surface area (Å²) in [5.41, 5.74) is 0.851. The highest BCUT2D eigenvalue weighted by molar-refractivity contribution is 7.09. The van der Waals surface area contributed by atoms with Crippen molar-refractivity contribution in [3.8, 4) is 11.5 Å². The van der Waals surface area contributed by atoms with E-state index >= 15 is 0 Å². The topological polar surface area (TPSA) is 67.2 Å². The second-order valence-electron chi connectivity index (χ2n) is 5.44. The van der Waals surface area contributed by atoms with Gasteiger partial charge < -0.3 is 15.1 Å². The van der Waals surface area contributed by atoms with Gasteiger partial charge in [0.2, 0.25) is 5.91 Å². The molecular weight excluding hydrogens is 357 g/mol. The van der Waals surface area contributed by atoms with Crippen LogP contribution in [-0.2, 0) is 11.3 Å². The van der Waals surface area contributed by atoms with E-state index in [1.54, 1.807) is 11.3 Å². The Morgan fingerprint density at radius 1 is 1.48 bits per heavy atom. The minimum Gasteiger partial charge on any atom is -0.458 e. The maximum atomic E-state index is 12.0. The number of halogens is 2. The van der Waals surface area contributed by atoms with Crippen molar-refractivity contribution >= 4 is 42.1 Å². The Morgan fingerprint density at radius 3 is 2.78 bits per heavy atom. The average molecular weight is 378 g/mol. The molecule has 3 rings (SSSR count). The van der Waals surface area contributed by atoms with Crippen molar-refractivity contribution in [1.82, 2.24) is 15.6 Å². The molecule has 3 heterocycles. The lowest BCUT2D eigenvalue weighted by atomic mass is 9.88. The van der Waals surface area contributed by atoms with Gasteiger partial charge in [0.1, 0.15) is 11.5 Å². The SMILES string of the molecule is Cc1nc(-c2ccc(CNC(=O)C(C)C3CNC3)o2)cs1.Cl.Cl. The van der Waals surface area contributed by atoms with Gasteiger partial charge in [0.15, 0.2) is 5.76 Å². The molecule has 8 heteroatoms. The van der Waals surface area contributed by atoms with E-state index < -0.39 is 0 Å². The standard InChI is InChI=1S/C15H19N3O2S.2ClH/c1-9(11-5-16-6-11)15(19)17-7-12-3-4-14(20-12)13-8-21-10(2)18-13;;/h3-4,8-9,11,16H,5-7H2,1-2H3,(H,17,19);2*1H. The molecule has 0 aromatic carbocycles. The molecule has 1 aliphatic heterocycles. The van der Waals surface area contributed by atoms with E-state index in [0.29, 0.717) is 12.5 Å². The van der Waals surface area contributed by atoms with Crippen LogP contribution < -0.4 is 10.6 Å².